The first-order chi connectivity index (χ1) is 8.50. The number of hydrogen-bond acceptors (Lipinski definition) is 4. The van der Waals surface area contributed by atoms with Crippen molar-refractivity contribution in [3.63, 3.8) is 0 Å². The van der Waals surface area contributed by atoms with Gasteiger partial charge in [0, 0.05) is 31.5 Å². The van der Waals surface area contributed by atoms with Gasteiger partial charge in [0.2, 0.25) is 5.91 Å². The first-order valence-corrected chi connectivity index (χ1v) is 8.41. The minimum atomic E-state index is -2.99. The highest BCUT2D eigenvalue weighted by atomic mass is 32.2. The Hall–Kier alpha value is -0.620. The summed E-state index contributed by atoms with van der Waals surface area (Å²) in [6, 6.07) is 0. The van der Waals surface area contributed by atoms with Crippen molar-refractivity contribution < 1.29 is 13.2 Å². The fourth-order valence-corrected chi connectivity index (χ4v) is 5.41. The van der Waals surface area contributed by atoms with Gasteiger partial charge in [-0.1, -0.05) is 6.92 Å². The second kappa shape index (κ2) is 5.17. The monoisotopic (exact) mass is 274 g/mol. The summed E-state index contributed by atoms with van der Waals surface area (Å²) in [5, 5.41) is 5.78. The van der Waals surface area contributed by atoms with Gasteiger partial charge in [-0.05, 0) is 19.3 Å². The molecule has 0 radical (unpaired) electrons. The molecule has 2 unspecified atom stereocenters. The first-order valence-electron chi connectivity index (χ1n) is 6.69. The quantitative estimate of drug-likeness (QED) is 0.761. The molecule has 104 valence electrons. The Labute approximate surface area is 109 Å². The summed E-state index contributed by atoms with van der Waals surface area (Å²) < 4.78 is 24.2. The van der Waals surface area contributed by atoms with Crippen LogP contribution in [0.4, 0.5) is 0 Å². The molecule has 2 rings (SSSR count). The van der Waals surface area contributed by atoms with Crippen molar-refractivity contribution in [2.75, 3.05) is 25.4 Å². The van der Waals surface area contributed by atoms with E-state index in [0.717, 1.165) is 12.8 Å². The molecule has 2 saturated heterocycles. The number of fused-ring (bicyclic) bond motifs is 1. The molecule has 2 heterocycles. The predicted molar refractivity (Wildman–Crippen MR) is 70.0 cm³/mol. The van der Waals surface area contributed by atoms with Gasteiger partial charge >= 0.3 is 0 Å². The van der Waals surface area contributed by atoms with Crippen LogP contribution in [0.2, 0.25) is 0 Å². The zero-order valence-corrected chi connectivity index (χ0v) is 11.7. The van der Waals surface area contributed by atoms with Crippen molar-refractivity contribution in [3.05, 3.63) is 0 Å². The highest BCUT2D eigenvalue weighted by molar-refractivity contribution is 7.92. The molecule has 0 aromatic carbocycles. The van der Waals surface area contributed by atoms with Crippen LogP contribution in [0.25, 0.3) is 0 Å². The lowest BCUT2D eigenvalue weighted by molar-refractivity contribution is -0.121. The van der Waals surface area contributed by atoms with E-state index in [9.17, 15) is 13.2 Å². The number of carbonyl (C=O) groups excluding carboxylic acids is 1. The van der Waals surface area contributed by atoms with Gasteiger partial charge in [0.15, 0.2) is 9.84 Å². The van der Waals surface area contributed by atoms with E-state index in [2.05, 4.69) is 10.6 Å². The minimum absolute atomic E-state index is 0.0282. The first kappa shape index (κ1) is 13.8. The summed E-state index contributed by atoms with van der Waals surface area (Å²) in [7, 11) is -2.99. The molecular weight excluding hydrogens is 252 g/mol. The van der Waals surface area contributed by atoms with Gasteiger partial charge < -0.3 is 10.6 Å². The second-order valence-corrected chi connectivity index (χ2v) is 7.78. The number of hydrogen-bond donors (Lipinski definition) is 2. The molecule has 2 atom stereocenters. The van der Waals surface area contributed by atoms with Crippen LogP contribution in [0.15, 0.2) is 0 Å². The molecule has 0 aromatic rings. The number of amides is 1. The topological polar surface area (TPSA) is 75.3 Å². The average molecular weight is 274 g/mol. The summed E-state index contributed by atoms with van der Waals surface area (Å²) in [6.45, 7) is 3.68. The maximum absolute atomic E-state index is 12.1. The Balaban J connectivity index is 2.06. The van der Waals surface area contributed by atoms with Crippen molar-refractivity contribution in [2.24, 2.45) is 5.41 Å². The fourth-order valence-electron chi connectivity index (χ4n) is 3.16. The Morgan fingerprint density at radius 1 is 1.50 bits per heavy atom. The van der Waals surface area contributed by atoms with Crippen LogP contribution in [-0.2, 0) is 14.6 Å². The summed E-state index contributed by atoms with van der Waals surface area (Å²) in [5.74, 6) is 0.324. The summed E-state index contributed by atoms with van der Waals surface area (Å²) in [6.07, 6.45) is 2.93. The molecule has 2 N–H and O–H groups in total. The van der Waals surface area contributed by atoms with Gasteiger partial charge in [-0.25, -0.2) is 8.42 Å². The van der Waals surface area contributed by atoms with E-state index in [1.54, 1.807) is 0 Å². The van der Waals surface area contributed by atoms with E-state index in [0.29, 0.717) is 38.2 Å². The minimum Gasteiger partial charge on any atom is -0.355 e. The third-order valence-electron chi connectivity index (χ3n) is 4.14. The molecule has 6 heteroatoms. The van der Waals surface area contributed by atoms with Gasteiger partial charge in [0.1, 0.15) is 0 Å². The van der Waals surface area contributed by atoms with Crippen molar-refractivity contribution in [1.82, 2.24) is 10.6 Å². The van der Waals surface area contributed by atoms with E-state index in [1.807, 2.05) is 6.92 Å². The van der Waals surface area contributed by atoms with E-state index < -0.39 is 9.84 Å². The number of carbonyl (C=O) groups is 1. The predicted octanol–water partition coefficient (Wildman–Crippen LogP) is 0.0695. The van der Waals surface area contributed by atoms with E-state index in [4.69, 9.17) is 0 Å². The van der Waals surface area contributed by atoms with Gasteiger partial charge in [-0.3, -0.25) is 4.79 Å². The molecule has 0 saturated carbocycles. The molecule has 0 aliphatic carbocycles. The van der Waals surface area contributed by atoms with Gasteiger partial charge in [0.25, 0.3) is 0 Å². The highest BCUT2D eigenvalue weighted by Crippen LogP contribution is 2.39. The van der Waals surface area contributed by atoms with Crippen molar-refractivity contribution in [2.45, 2.75) is 37.9 Å². The number of nitrogens with one attached hydrogen (secondary N) is 2. The number of rotatable bonds is 4. The van der Waals surface area contributed by atoms with E-state index >= 15 is 0 Å². The SMILES string of the molecule is CCCC(=O)NCC12CCCS(=O)(=O)C1CNC2. The van der Waals surface area contributed by atoms with Crippen LogP contribution in [0.1, 0.15) is 32.6 Å². The number of sulfone groups is 1. The van der Waals surface area contributed by atoms with Crippen molar-refractivity contribution in [3.8, 4) is 0 Å². The molecule has 2 aliphatic rings. The smallest absolute Gasteiger partial charge is 0.220 e. The van der Waals surface area contributed by atoms with Crippen LogP contribution in [0, 0.1) is 5.41 Å². The maximum atomic E-state index is 12.1. The summed E-state index contributed by atoms with van der Waals surface area (Å²) >= 11 is 0. The molecule has 2 fully saturated rings. The van der Waals surface area contributed by atoms with Crippen molar-refractivity contribution in [1.29, 1.82) is 0 Å². The van der Waals surface area contributed by atoms with Crippen LogP contribution in [0.5, 0.6) is 0 Å². The fraction of sp³-hybridized carbons (Fsp3) is 0.917. The van der Waals surface area contributed by atoms with E-state index in [1.165, 1.54) is 0 Å². The molecular formula is C12H22N2O3S. The lowest BCUT2D eigenvalue weighted by atomic mass is 9.81. The molecule has 2 aliphatic heterocycles. The molecule has 18 heavy (non-hydrogen) atoms. The molecule has 0 aromatic heterocycles. The normalized spacial score (nSPS) is 33.9. The van der Waals surface area contributed by atoms with Gasteiger partial charge in [-0.15, -0.1) is 0 Å². The van der Waals surface area contributed by atoms with Crippen molar-refractivity contribution >= 4 is 15.7 Å². The largest absolute Gasteiger partial charge is 0.355 e. The van der Waals surface area contributed by atoms with Crippen LogP contribution < -0.4 is 10.6 Å². The molecule has 0 spiro atoms. The highest BCUT2D eigenvalue weighted by Gasteiger charge is 2.51. The standard InChI is InChI=1S/C12H22N2O3S/c1-2-4-11(15)14-9-12-5-3-6-18(16,17)10(12)7-13-8-12/h10,13H,2-9H2,1H3,(H,14,15). The Morgan fingerprint density at radius 2 is 2.28 bits per heavy atom. The third kappa shape index (κ3) is 2.54. The van der Waals surface area contributed by atoms with Crippen LogP contribution in [0.3, 0.4) is 0 Å². The van der Waals surface area contributed by atoms with Crippen LogP contribution >= 0.6 is 0 Å². The Morgan fingerprint density at radius 3 is 3.00 bits per heavy atom. The van der Waals surface area contributed by atoms with Gasteiger partial charge in [0.05, 0.1) is 11.0 Å². The maximum Gasteiger partial charge on any atom is 0.220 e. The Kier molecular flexibility index (Phi) is 3.96. The molecule has 5 nitrogen and oxygen atoms in total. The summed E-state index contributed by atoms with van der Waals surface area (Å²) in [5.41, 5.74) is -0.277. The average Bonchev–Trinajstić information content (AvgIpc) is 2.72. The zero-order chi connectivity index (χ0) is 13.2. The summed E-state index contributed by atoms with van der Waals surface area (Å²) in [4.78, 5) is 11.6. The van der Waals surface area contributed by atoms with Crippen LogP contribution in [-0.4, -0.2) is 45.0 Å². The van der Waals surface area contributed by atoms with Gasteiger partial charge in [-0.2, -0.15) is 0 Å². The molecule has 0 bridgehead atoms. The van der Waals surface area contributed by atoms with E-state index in [-0.39, 0.29) is 16.6 Å². The second-order valence-electron chi connectivity index (χ2n) is 5.48. The Bertz CT molecular complexity index is 421. The lowest BCUT2D eigenvalue weighted by Gasteiger charge is -2.38. The zero-order valence-electron chi connectivity index (χ0n) is 10.9. The lowest BCUT2D eigenvalue weighted by Crippen LogP contribution is -2.51. The third-order valence-corrected chi connectivity index (χ3v) is 6.53. The molecule has 1 amide bonds.